The molecule has 0 aromatic heterocycles. The second kappa shape index (κ2) is 8.73. The highest BCUT2D eigenvalue weighted by atomic mass is 32.1. The van der Waals surface area contributed by atoms with Gasteiger partial charge in [0.25, 0.3) is 5.91 Å². The number of ether oxygens (including phenoxy) is 1. The lowest BCUT2D eigenvalue weighted by molar-refractivity contribution is 0.0972. The van der Waals surface area contributed by atoms with Gasteiger partial charge >= 0.3 is 0 Å². The van der Waals surface area contributed by atoms with E-state index in [0.717, 1.165) is 19.3 Å². The minimum absolute atomic E-state index is 0.222. The van der Waals surface area contributed by atoms with E-state index in [1.54, 1.807) is 6.07 Å². The molecule has 22 heavy (non-hydrogen) atoms. The number of hydrogen-bond acceptors (Lipinski definition) is 3. The van der Waals surface area contributed by atoms with Crippen molar-refractivity contribution in [1.29, 1.82) is 0 Å². The number of benzene rings is 1. The topological polar surface area (TPSA) is 50.4 Å². The smallest absolute Gasteiger partial charge is 0.261 e. The van der Waals surface area contributed by atoms with Crippen LogP contribution in [-0.2, 0) is 0 Å². The van der Waals surface area contributed by atoms with Crippen LogP contribution in [0.3, 0.4) is 0 Å². The molecule has 1 aromatic carbocycles. The van der Waals surface area contributed by atoms with E-state index in [2.05, 4.69) is 10.6 Å². The Labute approximate surface area is 137 Å². The molecule has 0 atom stereocenters. The Balaban J connectivity index is 1.92. The Morgan fingerprint density at radius 2 is 2.00 bits per heavy atom. The first-order chi connectivity index (χ1) is 10.7. The van der Waals surface area contributed by atoms with E-state index >= 15 is 0 Å². The summed E-state index contributed by atoms with van der Waals surface area (Å²) in [5.74, 6) is 0.377. The van der Waals surface area contributed by atoms with Gasteiger partial charge in [-0.1, -0.05) is 38.3 Å². The van der Waals surface area contributed by atoms with E-state index in [0.29, 0.717) is 29.1 Å². The molecule has 1 aromatic rings. The highest BCUT2D eigenvalue weighted by Crippen LogP contribution is 2.19. The Morgan fingerprint density at radius 3 is 2.73 bits per heavy atom. The summed E-state index contributed by atoms with van der Waals surface area (Å²) in [5.41, 5.74) is 0.517. The van der Waals surface area contributed by atoms with Crippen molar-refractivity contribution in [2.45, 2.75) is 51.5 Å². The number of hydrogen-bond donors (Lipinski definition) is 2. The van der Waals surface area contributed by atoms with Gasteiger partial charge in [-0.3, -0.25) is 10.1 Å². The maximum atomic E-state index is 12.4. The fourth-order valence-electron chi connectivity index (χ4n) is 2.63. The van der Waals surface area contributed by atoms with Crippen LogP contribution in [-0.4, -0.2) is 23.7 Å². The van der Waals surface area contributed by atoms with Gasteiger partial charge in [0.1, 0.15) is 5.75 Å². The maximum Gasteiger partial charge on any atom is 0.261 e. The first-order valence-electron chi connectivity index (χ1n) is 8.04. The summed E-state index contributed by atoms with van der Waals surface area (Å²) in [7, 11) is 0. The molecule has 1 fully saturated rings. The second-order valence-electron chi connectivity index (χ2n) is 5.61. The summed E-state index contributed by atoms with van der Waals surface area (Å²) >= 11 is 5.26. The van der Waals surface area contributed by atoms with Crippen molar-refractivity contribution in [3.05, 3.63) is 29.8 Å². The minimum Gasteiger partial charge on any atom is -0.493 e. The molecule has 0 bridgehead atoms. The van der Waals surface area contributed by atoms with Crippen LogP contribution < -0.4 is 15.4 Å². The Kier molecular flexibility index (Phi) is 6.65. The monoisotopic (exact) mass is 320 g/mol. The van der Waals surface area contributed by atoms with Crippen molar-refractivity contribution >= 4 is 23.2 Å². The van der Waals surface area contributed by atoms with Crippen molar-refractivity contribution in [2.75, 3.05) is 6.61 Å². The zero-order chi connectivity index (χ0) is 15.8. The molecule has 1 amide bonds. The lowest BCUT2D eigenvalue weighted by Gasteiger charge is -2.24. The van der Waals surface area contributed by atoms with Gasteiger partial charge in [0.2, 0.25) is 0 Å². The van der Waals surface area contributed by atoms with Crippen LogP contribution in [0.25, 0.3) is 0 Å². The molecule has 4 nitrogen and oxygen atoms in total. The second-order valence-corrected chi connectivity index (χ2v) is 6.02. The number of carbonyl (C=O) groups is 1. The first-order valence-corrected chi connectivity index (χ1v) is 8.45. The van der Waals surface area contributed by atoms with Crippen LogP contribution in [0.1, 0.15) is 55.8 Å². The lowest BCUT2D eigenvalue weighted by Crippen LogP contribution is -2.45. The van der Waals surface area contributed by atoms with E-state index < -0.39 is 0 Å². The van der Waals surface area contributed by atoms with Crippen LogP contribution in [0.2, 0.25) is 0 Å². The third-order valence-corrected chi connectivity index (χ3v) is 3.98. The lowest BCUT2D eigenvalue weighted by atomic mass is 9.96. The zero-order valence-electron chi connectivity index (χ0n) is 13.1. The van der Waals surface area contributed by atoms with E-state index in [4.69, 9.17) is 17.0 Å². The summed E-state index contributed by atoms with van der Waals surface area (Å²) in [5, 5.41) is 6.41. The van der Waals surface area contributed by atoms with Crippen molar-refractivity contribution in [1.82, 2.24) is 10.6 Å². The Hall–Kier alpha value is -1.62. The average Bonchev–Trinajstić information content (AvgIpc) is 2.54. The van der Waals surface area contributed by atoms with Crippen LogP contribution in [0.15, 0.2) is 24.3 Å². The summed E-state index contributed by atoms with van der Waals surface area (Å²) in [6.07, 6.45) is 6.87. The van der Waals surface area contributed by atoms with Crippen molar-refractivity contribution in [3.63, 3.8) is 0 Å². The average molecular weight is 320 g/mol. The van der Waals surface area contributed by atoms with Gasteiger partial charge in [-0.15, -0.1) is 0 Å². The molecule has 1 saturated carbocycles. The van der Waals surface area contributed by atoms with Crippen LogP contribution in [0.4, 0.5) is 0 Å². The summed E-state index contributed by atoms with van der Waals surface area (Å²) in [6.45, 7) is 2.63. The number of thiocarbonyl (C=S) groups is 1. The normalized spacial score (nSPS) is 15.1. The molecule has 120 valence electrons. The molecule has 1 aliphatic carbocycles. The van der Waals surface area contributed by atoms with Crippen LogP contribution in [0, 0.1) is 0 Å². The molecular formula is C17H24N2O2S. The minimum atomic E-state index is -0.222. The van der Waals surface area contributed by atoms with Gasteiger partial charge in [0.05, 0.1) is 12.2 Å². The van der Waals surface area contributed by atoms with Gasteiger partial charge < -0.3 is 10.1 Å². The molecular weight excluding hydrogens is 296 g/mol. The molecule has 1 aliphatic rings. The fourth-order valence-corrected chi connectivity index (χ4v) is 2.89. The predicted octanol–water partition coefficient (Wildman–Crippen LogP) is 3.41. The fraction of sp³-hybridized carbons (Fsp3) is 0.529. The van der Waals surface area contributed by atoms with Gasteiger partial charge in [-0.05, 0) is 43.6 Å². The SMILES string of the molecule is CCCOc1ccccc1C(=O)NC(=S)NC1CCCCC1. The van der Waals surface area contributed by atoms with E-state index in [1.807, 2.05) is 25.1 Å². The van der Waals surface area contributed by atoms with Gasteiger partial charge in [0.15, 0.2) is 5.11 Å². The van der Waals surface area contributed by atoms with E-state index in [1.165, 1.54) is 19.3 Å². The predicted molar refractivity (Wildman–Crippen MR) is 92.3 cm³/mol. The molecule has 2 N–H and O–H groups in total. The molecule has 0 heterocycles. The molecule has 0 radical (unpaired) electrons. The summed E-state index contributed by atoms with van der Waals surface area (Å²) < 4.78 is 5.61. The zero-order valence-corrected chi connectivity index (χ0v) is 13.9. The Bertz CT molecular complexity index is 513. The maximum absolute atomic E-state index is 12.4. The highest BCUT2D eigenvalue weighted by molar-refractivity contribution is 7.80. The quantitative estimate of drug-likeness (QED) is 0.816. The Morgan fingerprint density at radius 1 is 1.27 bits per heavy atom. The van der Waals surface area contributed by atoms with Gasteiger partial charge in [-0.2, -0.15) is 0 Å². The third kappa shape index (κ3) is 4.98. The number of nitrogens with one attached hydrogen (secondary N) is 2. The highest BCUT2D eigenvalue weighted by Gasteiger charge is 2.17. The van der Waals surface area contributed by atoms with Crippen LogP contribution in [0.5, 0.6) is 5.75 Å². The van der Waals surface area contributed by atoms with Gasteiger partial charge in [-0.25, -0.2) is 0 Å². The van der Waals surface area contributed by atoms with Crippen molar-refractivity contribution in [3.8, 4) is 5.75 Å². The molecule has 2 rings (SSSR count). The molecule has 0 unspecified atom stereocenters. The molecule has 0 saturated heterocycles. The number of carbonyl (C=O) groups excluding carboxylic acids is 1. The standard InChI is InChI=1S/C17H24N2O2S/c1-2-12-21-15-11-7-6-10-14(15)16(20)19-17(22)18-13-8-4-3-5-9-13/h6-7,10-11,13H,2-5,8-9,12H2,1H3,(H2,18,19,20,22). The van der Waals surface area contributed by atoms with Crippen molar-refractivity contribution in [2.24, 2.45) is 0 Å². The molecule has 0 spiro atoms. The summed E-state index contributed by atoms with van der Waals surface area (Å²) in [4.78, 5) is 12.4. The number of para-hydroxylation sites is 1. The molecule has 5 heteroatoms. The van der Waals surface area contributed by atoms with E-state index in [-0.39, 0.29) is 5.91 Å². The van der Waals surface area contributed by atoms with E-state index in [9.17, 15) is 4.79 Å². The first kappa shape index (κ1) is 16.7. The molecule has 0 aliphatic heterocycles. The van der Waals surface area contributed by atoms with Crippen molar-refractivity contribution < 1.29 is 9.53 Å². The number of amides is 1. The summed E-state index contributed by atoms with van der Waals surface area (Å²) in [6, 6.07) is 7.63. The van der Waals surface area contributed by atoms with Gasteiger partial charge in [0, 0.05) is 6.04 Å². The largest absolute Gasteiger partial charge is 0.493 e. The number of rotatable bonds is 5. The van der Waals surface area contributed by atoms with Crippen LogP contribution >= 0.6 is 12.2 Å². The third-order valence-electron chi connectivity index (χ3n) is 3.76.